The lowest BCUT2D eigenvalue weighted by atomic mass is 10.3. The van der Waals surface area contributed by atoms with Gasteiger partial charge in [0.1, 0.15) is 0 Å². The second-order valence-electron chi connectivity index (χ2n) is 3.23. The molecule has 0 spiro atoms. The molecular formula is C11H17N3O. The van der Waals surface area contributed by atoms with Gasteiger partial charge in [-0.3, -0.25) is 10.9 Å². The van der Waals surface area contributed by atoms with Crippen LogP contribution < -0.4 is 16.2 Å². The first kappa shape index (κ1) is 11.4. The number of urea groups is 1. The Morgan fingerprint density at radius 3 is 2.67 bits per heavy atom. The quantitative estimate of drug-likeness (QED) is 0.511. The molecule has 0 saturated carbocycles. The van der Waals surface area contributed by atoms with Gasteiger partial charge >= 0.3 is 6.03 Å². The fraction of sp³-hybridized carbons (Fsp3) is 0.364. The Hall–Kier alpha value is -1.71. The van der Waals surface area contributed by atoms with Gasteiger partial charge in [0.15, 0.2) is 0 Å². The van der Waals surface area contributed by atoms with E-state index in [4.69, 9.17) is 0 Å². The van der Waals surface area contributed by atoms with Crippen LogP contribution in [-0.4, -0.2) is 12.6 Å². The molecule has 0 aliphatic heterocycles. The molecule has 0 aliphatic rings. The molecule has 0 aliphatic carbocycles. The smallest absolute Gasteiger partial charge is 0.333 e. The van der Waals surface area contributed by atoms with Gasteiger partial charge < -0.3 is 5.32 Å². The molecule has 1 rings (SSSR count). The highest BCUT2D eigenvalue weighted by molar-refractivity contribution is 5.75. The van der Waals surface area contributed by atoms with Crippen molar-refractivity contribution in [2.24, 2.45) is 0 Å². The van der Waals surface area contributed by atoms with Crippen molar-refractivity contribution in [2.75, 3.05) is 12.0 Å². The van der Waals surface area contributed by atoms with Crippen molar-refractivity contribution in [1.82, 2.24) is 10.7 Å². The number of hydrogen-bond acceptors (Lipinski definition) is 2. The summed E-state index contributed by atoms with van der Waals surface area (Å²) in [6.07, 6.45) is 2.07. The van der Waals surface area contributed by atoms with Crippen molar-refractivity contribution in [3.05, 3.63) is 30.3 Å². The van der Waals surface area contributed by atoms with Crippen LogP contribution >= 0.6 is 0 Å². The Labute approximate surface area is 90.0 Å². The van der Waals surface area contributed by atoms with Crippen LogP contribution in [0.5, 0.6) is 0 Å². The van der Waals surface area contributed by atoms with Gasteiger partial charge in [-0.15, -0.1) is 0 Å². The summed E-state index contributed by atoms with van der Waals surface area (Å²) in [5.41, 5.74) is 6.23. The summed E-state index contributed by atoms with van der Waals surface area (Å²) in [6.45, 7) is 2.79. The number of carbonyl (C=O) groups is 1. The van der Waals surface area contributed by atoms with Crippen molar-refractivity contribution in [2.45, 2.75) is 19.8 Å². The lowest BCUT2D eigenvalue weighted by Gasteiger charge is -2.09. The maximum atomic E-state index is 11.2. The first-order valence-corrected chi connectivity index (χ1v) is 5.18. The molecular weight excluding hydrogens is 190 g/mol. The minimum absolute atomic E-state index is 0.202. The van der Waals surface area contributed by atoms with Crippen LogP contribution in [0.4, 0.5) is 10.5 Å². The fourth-order valence-electron chi connectivity index (χ4n) is 1.07. The lowest BCUT2D eigenvalue weighted by Crippen LogP contribution is -2.39. The molecule has 82 valence electrons. The second-order valence-corrected chi connectivity index (χ2v) is 3.23. The van der Waals surface area contributed by atoms with E-state index in [1.54, 1.807) is 0 Å². The third kappa shape index (κ3) is 4.90. The van der Waals surface area contributed by atoms with E-state index in [1.807, 2.05) is 30.3 Å². The summed E-state index contributed by atoms with van der Waals surface area (Å²) in [5.74, 6) is 0. The summed E-state index contributed by atoms with van der Waals surface area (Å²) in [5, 5.41) is 2.74. The molecule has 4 heteroatoms. The zero-order chi connectivity index (χ0) is 10.9. The number of hydrazine groups is 1. The summed E-state index contributed by atoms with van der Waals surface area (Å²) in [4.78, 5) is 11.2. The topological polar surface area (TPSA) is 53.2 Å². The second kappa shape index (κ2) is 6.70. The van der Waals surface area contributed by atoms with E-state index >= 15 is 0 Å². The van der Waals surface area contributed by atoms with E-state index < -0.39 is 0 Å². The summed E-state index contributed by atoms with van der Waals surface area (Å²) in [7, 11) is 0. The standard InChI is InChI=1S/C11H17N3O/c1-2-3-9-12-11(15)14-13-10-7-5-4-6-8-10/h4-8,13H,2-3,9H2,1H3,(H2,12,14,15). The molecule has 0 unspecified atom stereocenters. The van der Waals surface area contributed by atoms with E-state index in [0.29, 0.717) is 6.54 Å². The predicted octanol–water partition coefficient (Wildman–Crippen LogP) is 2.11. The van der Waals surface area contributed by atoms with Gasteiger partial charge in [-0.2, -0.15) is 0 Å². The van der Waals surface area contributed by atoms with Crippen LogP contribution in [0, 0.1) is 0 Å². The molecule has 0 heterocycles. The van der Waals surface area contributed by atoms with E-state index in [9.17, 15) is 4.79 Å². The average molecular weight is 207 g/mol. The molecule has 15 heavy (non-hydrogen) atoms. The van der Waals surface area contributed by atoms with E-state index in [1.165, 1.54) is 0 Å². The van der Waals surface area contributed by atoms with Crippen molar-refractivity contribution in [3.8, 4) is 0 Å². The number of hydrogen-bond donors (Lipinski definition) is 3. The molecule has 0 aromatic heterocycles. The third-order valence-corrected chi connectivity index (χ3v) is 1.91. The number of carbonyl (C=O) groups excluding carboxylic acids is 1. The Morgan fingerprint density at radius 1 is 1.27 bits per heavy atom. The van der Waals surface area contributed by atoms with Gasteiger partial charge in [0.05, 0.1) is 5.69 Å². The van der Waals surface area contributed by atoms with Crippen molar-refractivity contribution >= 4 is 11.7 Å². The predicted molar refractivity (Wildman–Crippen MR) is 61.5 cm³/mol. The van der Waals surface area contributed by atoms with Crippen LogP contribution in [0.15, 0.2) is 30.3 Å². The SMILES string of the molecule is CCCCNC(=O)NNc1ccccc1. The Morgan fingerprint density at radius 2 is 2.00 bits per heavy atom. The number of rotatable bonds is 5. The molecule has 0 atom stereocenters. The molecule has 0 radical (unpaired) electrons. The summed E-state index contributed by atoms with van der Waals surface area (Å²) in [6, 6.07) is 9.29. The molecule has 1 aromatic carbocycles. The number of anilines is 1. The first-order valence-electron chi connectivity index (χ1n) is 5.18. The molecule has 3 N–H and O–H groups in total. The molecule has 4 nitrogen and oxygen atoms in total. The monoisotopic (exact) mass is 207 g/mol. The summed E-state index contributed by atoms with van der Waals surface area (Å²) >= 11 is 0. The van der Waals surface area contributed by atoms with E-state index in [-0.39, 0.29) is 6.03 Å². The van der Waals surface area contributed by atoms with Gasteiger partial charge in [0.2, 0.25) is 0 Å². The van der Waals surface area contributed by atoms with Crippen LogP contribution in [0.2, 0.25) is 0 Å². The highest BCUT2D eigenvalue weighted by Gasteiger charge is 1.96. The van der Waals surface area contributed by atoms with Crippen LogP contribution in [0.3, 0.4) is 0 Å². The van der Waals surface area contributed by atoms with Crippen molar-refractivity contribution in [3.63, 3.8) is 0 Å². The van der Waals surface area contributed by atoms with E-state index in [2.05, 4.69) is 23.1 Å². The Balaban J connectivity index is 2.17. The maximum Gasteiger partial charge on any atom is 0.333 e. The first-order chi connectivity index (χ1) is 7.33. The molecule has 2 amide bonds. The highest BCUT2D eigenvalue weighted by atomic mass is 16.2. The minimum atomic E-state index is -0.202. The summed E-state index contributed by atoms with van der Waals surface area (Å²) < 4.78 is 0. The zero-order valence-corrected chi connectivity index (χ0v) is 8.92. The van der Waals surface area contributed by atoms with Crippen LogP contribution in [0.25, 0.3) is 0 Å². The molecule has 1 aromatic rings. The zero-order valence-electron chi connectivity index (χ0n) is 8.92. The number of amides is 2. The number of nitrogens with one attached hydrogen (secondary N) is 3. The minimum Gasteiger partial charge on any atom is -0.337 e. The molecule has 0 fully saturated rings. The average Bonchev–Trinajstić information content (AvgIpc) is 2.28. The Kier molecular flexibility index (Phi) is 5.08. The van der Waals surface area contributed by atoms with Crippen LogP contribution in [-0.2, 0) is 0 Å². The van der Waals surface area contributed by atoms with Gasteiger partial charge in [0, 0.05) is 6.54 Å². The largest absolute Gasteiger partial charge is 0.337 e. The Bertz CT molecular complexity index is 287. The number of unbranched alkanes of at least 4 members (excludes halogenated alkanes) is 1. The van der Waals surface area contributed by atoms with Crippen molar-refractivity contribution in [1.29, 1.82) is 0 Å². The van der Waals surface area contributed by atoms with Crippen LogP contribution in [0.1, 0.15) is 19.8 Å². The number of benzene rings is 1. The van der Waals surface area contributed by atoms with Gasteiger partial charge in [0.25, 0.3) is 0 Å². The highest BCUT2D eigenvalue weighted by Crippen LogP contribution is 2.02. The van der Waals surface area contributed by atoms with Gasteiger partial charge in [-0.25, -0.2) is 4.79 Å². The maximum absolute atomic E-state index is 11.2. The molecule has 0 bridgehead atoms. The lowest BCUT2D eigenvalue weighted by molar-refractivity contribution is 0.242. The van der Waals surface area contributed by atoms with E-state index in [0.717, 1.165) is 18.5 Å². The number of para-hydroxylation sites is 1. The van der Waals surface area contributed by atoms with Crippen molar-refractivity contribution < 1.29 is 4.79 Å². The molecule has 0 saturated heterocycles. The normalized spacial score (nSPS) is 9.40. The van der Waals surface area contributed by atoms with Gasteiger partial charge in [-0.05, 0) is 18.6 Å². The third-order valence-electron chi connectivity index (χ3n) is 1.91. The van der Waals surface area contributed by atoms with Gasteiger partial charge in [-0.1, -0.05) is 31.5 Å². The fourth-order valence-corrected chi connectivity index (χ4v) is 1.07.